The van der Waals surface area contributed by atoms with E-state index in [0.29, 0.717) is 12.2 Å². The molecule has 1 aromatic carbocycles. The predicted molar refractivity (Wildman–Crippen MR) is 78.7 cm³/mol. The third kappa shape index (κ3) is 1.92. The Kier molecular flexibility index (Phi) is 2.74. The van der Waals surface area contributed by atoms with Crippen LogP contribution in [0.3, 0.4) is 0 Å². The number of carbonyl (C=O) groups is 1. The highest BCUT2D eigenvalue weighted by Gasteiger charge is 2.31. The van der Waals surface area contributed by atoms with E-state index in [1.165, 1.54) is 17.5 Å². The second kappa shape index (κ2) is 4.62. The minimum Gasteiger partial charge on any atom is -0.496 e. The summed E-state index contributed by atoms with van der Waals surface area (Å²) in [4.78, 5) is 11.9. The average Bonchev–Trinajstić information content (AvgIpc) is 3.12. The lowest BCUT2D eigenvalue weighted by atomic mass is 9.85. The number of amides is 1. The molecule has 4 rings (SSSR count). The van der Waals surface area contributed by atoms with Gasteiger partial charge in [-0.25, -0.2) is 0 Å². The minimum atomic E-state index is 0.00773. The highest BCUT2D eigenvalue weighted by Crippen LogP contribution is 2.42. The molecule has 1 aromatic heterocycles. The summed E-state index contributed by atoms with van der Waals surface area (Å²) in [6.45, 7) is 0. The maximum Gasteiger partial charge on any atom is 0.226 e. The van der Waals surface area contributed by atoms with Gasteiger partial charge in [0.2, 0.25) is 5.91 Å². The Hall–Kier alpha value is -2.30. The number of nitrogens with zero attached hydrogens (tertiary/aromatic N) is 1. The highest BCUT2D eigenvalue weighted by molar-refractivity contribution is 5.94. The molecule has 0 saturated heterocycles. The molecule has 0 bridgehead atoms. The van der Waals surface area contributed by atoms with Crippen LogP contribution in [0, 0.1) is 0 Å². The number of aryl methyl sites for hydroxylation is 2. The van der Waals surface area contributed by atoms with Crippen LogP contribution in [0.5, 0.6) is 5.75 Å². The Labute approximate surface area is 122 Å². The molecule has 1 aliphatic heterocycles. The van der Waals surface area contributed by atoms with E-state index in [0.717, 1.165) is 29.7 Å². The molecule has 5 nitrogen and oxygen atoms in total. The van der Waals surface area contributed by atoms with Crippen molar-refractivity contribution < 1.29 is 9.53 Å². The normalized spacial score (nSPS) is 19.9. The lowest BCUT2D eigenvalue weighted by Crippen LogP contribution is -2.23. The van der Waals surface area contributed by atoms with Crippen LogP contribution in [0.25, 0.3) is 0 Å². The Morgan fingerprint density at radius 1 is 1.24 bits per heavy atom. The summed E-state index contributed by atoms with van der Waals surface area (Å²) in [5.74, 6) is 1.61. The molecular weight excluding hydrogens is 266 g/mol. The van der Waals surface area contributed by atoms with Gasteiger partial charge in [-0.1, -0.05) is 6.07 Å². The number of rotatable bonds is 2. The van der Waals surface area contributed by atoms with E-state index in [1.54, 1.807) is 13.3 Å². The summed E-state index contributed by atoms with van der Waals surface area (Å²) < 4.78 is 5.59. The predicted octanol–water partition coefficient (Wildman–Crippen LogP) is 2.38. The molecule has 1 atom stereocenters. The number of H-pyrrole nitrogens is 1. The Morgan fingerprint density at radius 2 is 2.05 bits per heavy atom. The first kappa shape index (κ1) is 12.4. The molecule has 2 heterocycles. The van der Waals surface area contributed by atoms with Crippen molar-refractivity contribution in [1.29, 1.82) is 0 Å². The van der Waals surface area contributed by atoms with Gasteiger partial charge in [-0.3, -0.25) is 9.89 Å². The van der Waals surface area contributed by atoms with Crippen LogP contribution in [0.4, 0.5) is 5.82 Å². The molecule has 0 spiro atoms. The number of benzene rings is 1. The van der Waals surface area contributed by atoms with Crippen LogP contribution in [-0.2, 0) is 17.6 Å². The highest BCUT2D eigenvalue weighted by atomic mass is 16.5. The van der Waals surface area contributed by atoms with Crippen LogP contribution >= 0.6 is 0 Å². The number of nitrogens with one attached hydrogen (secondary N) is 2. The molecule has 21 heavy (non-hydrogen) atoms. The van der Waals surface area contributed by atoms with Gasteiger partial charge in [0, 0.05) is 23.5 Å². The standard InChI is InChI=1S/C16H17N3O2/c1-21-14-6-10-4-2-3-9(10)5-12(14)11-7-15(20)18-16-13(11)8-17-19-16/h5-6,8,11H,2-4,7H2,1H3,(H2,17,18,19,20)/t11-/m0/s1. The third-order valence-electron chi connectivity index (χ3n) is 4.52. The maximum absolute atomic E-state index is 11.9. The summed E-state index contributed by atoms with van der Waals surface area (Å²) in [6, 6.07) is 4.37. The molecule has 5 heteroatoms. The monoisotopic (exact) mass is 283 g/mol. The summed E-state index contributed by atoms with van der Waals surface area (Å²) in [5.41, 5.74) is 4.90. The van der Waals surface area contributed by atoms with Crippen LogP contribution in [0.1, 0.15) is 41.0 Å². The van der Waals surface area contributed by atoms with Gasteiger partial charge in [0.1, 0.15) is 11.6 Å². The van der Waals surface area contributed by atoms with E-state index < -0.39 is 0 Å². The van der Waals surface area contributed by atoms with Crippen molar-refractivity contribution in [3.05, 3.63) is 40.6 Å². The number of carbonyl (C=O) groups excluding carboxylic acids is 1. The van der Waals surface area contributed by atoms with Crippen molar-refractivity contribution in [3.8, 4) is 5.75 Å². The fraction of sp³-hybridized carbons (Fsp3) is 0.375. The number of ether oxygens (including phenoxy) is 1. The van der Waals surface area contributed by atoms with E-state index in [9.17, 15) is 4.79 Å². The van der Waals surface area contributed by atoms with E-state index in [2.05, 4.69) is 27.6 Å². The van der Waals surface area contributed by atoms with Crippen LogP contribution in [-0.4, -0.2) is 23.2 Å². The average molecular weight is 283 g/mol. The number of aromatic amines is 1. The maximum atomic E-state index is 11.9. The van der Waals surface area contributed by atoms with E-state index in [4.69, 9.17) is 4.74 Å². The van der Waals surface area contributed by atoms with Crippen LogP contribution < -0.4 is 10.1 Å². The van der Waals surface area contributed by atoms with Crippen LogP contribution in [0.2, 0.25) is 0 Å². The van der Waals surface area contributed by atoms with Gasteiger partial charge in [0.15, 0.2) is 0 Å². The SMILES string of the molecule is COc1cc2c(cc1[C@@H]1CC(=O)Nc3[nH]ncc31)CCC2. The van der Waals surface area contributed by atoms with E-state index in [-0.39, 0.29) is 11.8 Å². The van der Waals surface area contributed by atoms with E-state index >= 15 is 0 Å². The van der Waals surface area contributed by atoms with Crippen molar-refractivity contribution in [2.45, 2.75) is 31.6 Å². The first-order chi connectivity index (χ1) is 10.3. The minimum absolute atomic E-state index is 0.00773. The molecule has 1 amide bonds. The number of methoxy groups -OCH3 is 1. The second-order valence-corrected chi connectivity index (χ2v) is 5.72. The fourth-order valence-corrected chi connectivity index (χ4v) is 3.49. The van der Waals surface area contributed by atoms with Gasteiger partial charge >= 0.3 is 0 Å². The van der Waals surface area contributed by atoms with Gasteiger partial charge in [0.25, 0.3) is 0 Å². The molecule has 2 aromatic rings. The van der Waals surface area contributed by atoms with Gasteiger partial charge in [-0.2, -0.15) is 5.10 Å². The van der Waals surface area contributed by atoms with Crippen molar-refractivity contribution in [2.75, 3.05) is 12.4 Å². The Morgan fingerprint density at radius 3 is 2.86 bits per heavy atom. The van der Waals surface area contributed by atoms with Crippen molar-refractivity contribution in [3.63, 3.8) is 0 Å². The number of hydrogen-bond donors (Lipinski definition) is 2. The molecular formula is C16H17N3O2. The molecule has 2 aliphatic rings. The molecule has 0 saturated carbocycles. The summed E-state index contributed by atoms with van der Waals surface area (Å²) in [7, 11) is 1.69. The Bertz CT molecular complexity index is 720. The number of fused-ring (bicyclic) bond motifs is 2. The van der Waals surface area contributed by atoms with Gasteiger partial charge in [0.05, 0.1) is 13.3 Å². The molecule has 0 fully saturated rings. The fourth-order valence-electron chi connectivity index (χ4n) is 3.49. The third-order valence-corrected chi connectivity index (χ3v) is 4.52. The Balaban J connectivity index is 1.85. The first-order valence-corrected chi connectivity index (χ1v) is 7.29. The molecule has 0 unspecified atom stereocenters. The van der Waals surface area contributed by atoms with Gasteiger partial charge in [-0.05, 0) is 36.5 Å². The number of hydrogen-bond acceptors (Lipinski definition) is 3. The molecule has 1 aliphatic carbocycles. The zero-order valence-electron chi connectivity index (χ0n) is 11.9. The largest absolute Gasteiger partial charge is 0.496 e. The van der Waals surface area contributed by atoms with Gasteiger partial charge < -0.3 is 10.1 Å². The smallest absolute Gasteiger partial charge is 0.226 e. The summed E-state index contributed by atoms with van der Waals surface area (Å²) in [6.07, 6.45) is 5.66. The zero-order valence-corrected chi connectivity index (χ0v) is 11.9. The molecule has 0 radical (unpaired) electrons. The first-order valence-electron chi connectivity index (χ1n) is 7.29. The second-order valence-electron chi connectivity index (χ2n) is 5.72. The topological polar surface area (TPSA) is 67.0 Å². The quantitative estimate of drug-likeness (QED) is 0.889. The number of aromatic nitrogens is 2. The van der Waals surface area contributed by atoms with Crippen molar-refractivity contribution in [1.82, 2.24) is 10.2 Å². The lowest BCUT2D eigenvalue weighted by molar-refractivity contribution is -0.116. The summed E-state index contributed by atoms with van der Waals surface area (Å²) in [5, 5.41) is 9.75. The van der Waals surface area contributed by atoms with Crippen LogP contribution in [0.15, 0.2) is 18.3 Å². The lowest BCUT2D eigenvalue weighted by Gasteiger charge is -2.24. The van der Waals surface area contributed by atoms with E-state index in [1.807, 2.05) is 0 Å². The molecule has 108 valence electrons. The van der Waals surface area contributed by atoms with Crippen molar-refractivity contribution in [2.24, 2.45) is 0 Å². The van der Waals surface area contributed by atoms with Gasteiger partial charge in [-0.15, -0.1) is 0 Å². The molecule has 2 N–H and O–H groups in total. The van der Waals surface area contributed by atoms with Crippen molar-refractivity contribution >= 4 is 11.7 Å². The zero-order chi connectivity index (χ0) is 14.4. The number of anilines is 1. The summed E-state index contributed by atoms with van der Waals surface area (Å²) >= 11 is 0.